The summed E-state index contributed by atoms with van der Waals surface area (Å²) < 4.78 is 10.4. The van der Waals surface area contributed by atoms with Crippen LogP contribution in [0, 0.1) is 42.4 Å². The van der Waals surface area contributed by atoms with Crippen LogP contribution >= 0.6 is 0 Å². The summed E-state index contributed by atoms with van der Waals surface area (Å²) in [5.74, 6) is 5.37. The fourth-order valence-electron chi connectivity index (χ4n) is 18.8. The Morgan fingerprint density at radius 1 is 0.549 bits per heavy atom. The second-order valence-corrected chi connectivity index (χ2v) is 26.2. The highest BCUT2D eigenvalue weighted by Crippen LogP contribution is 2.64. The number of aryl methyl sites for hydroxylation is 1. The molecule has 0 N–H and O–H groups in total. The van der Waals surface area contributed by atoms with Crippen LogP contribution in [-0.2, 0) is 16.2 Å². The molecule has 9 aromatic rings. The average Bonchev–Trinajstić information content (AvgIpc) is 3.91. The maximum Gasteiger partial charge on any atom is 0.375 e. The molecule has 71 heavy (non-hydrogen) atoms. The Bertz CT molecular complexity index is 3730. The number of aromatic nitrogens is 1. The molecule has 8 bridgehead atoms. The summed E-state index contributed by atoms with van der Waals surface area (Å²) in [5.41, 5.74) is 21.6. The first-order valence-electron chi connectivity index (χ1n) is 27.8. The van der Waals surface area contributed by atoms with Gasteiger partial charge in [-0.25, -0.2) is 0 Å². The molecule has 0 spiro atoms. The van der Waals surface area contributed by atoms with Gasteiger partial charge in [-0.15, -0.1) is 0 Å². The zero-order valence-corrected chi connectivity index (χ0v) is 42.0. The summed E-state index contributed by atoms with van der Waals surface area (Å²) in [4.78, 5) is 2.66. The topological polar surface area (TPSA) is 21.3 Å². The number of nitrogens with zero attached hydrogens (tertiary/aromatic N) is 2. The second-order valence-electron chi connectivity index (χ2n) is 26.2. The van der Waals surface area contributed by atoms with E-state index in [4.69, 9.17) is 4.42 Å². The number of rotatable bonds is 4. The van der Waals surface area contributed by atoms with E-state index in [-0.39, 0.29) is 17.7 Å². The van der Waals surface area contributed by atoms with E-state index in [1.807, 2.05) is 0 Å². The van der Waals surface area contributed by atoms with E-state index in [9.17, 15) is 0 Å². The predicted octanol–water partition coefficient (Wildman–Crippen LogP) is 16.3. The number of furan rings is 1. The van der Waals surface area contributed by atoms with Crippen molar-refractivity contribution in [2.24, 2.45) is 35.5 Å². The van der Waals surface area contributed by atoms with Gasteiger partial charge in [0.1, 0.15) is 11.2 Å². The Kier molecular flexibility index (Phi) is 7.85. The van der Waals surface area contributed by atoms with Gasteiger partial charge in [-0.2, -0.15) is 0 Å². The highest BCUT2D eigenvalue weighted by molar-refractivity contribution is 6.89. The van der Waals surface area contributed by atoms with Gasteiger partial charge in [-0.05, 0) is 234 Å². The third-order valence-electron chi connectivity index (χ3n) is 20.8. The molecule has 0 unspecified atom stereocenters. The number of fused-ring (bicyclic) bond motifs is 11. The molecule has 4 heterocycles. The normalized spacial score (nSPS) is 28.5. The lowest BCUT2D eigenvalue weighted by atomic mass is 9.46. The van der Waals surface area contributed by atoms with Gasteiger partial charge in [0.2, 0.25) is 0 Å². The molecule has 19 rings (SSSR count). The molecule has 8 fully saturated rings. The maximum atomic E-state index is 7.63. The fraction of sp³-hybridized carbons (Fsp3) is 0.373. The molecule has 0 radical (unpaired) electrons. The van der Waals surface area contributed by atoms with Crippen LogP contribution in [0.25, 0.3) is 65.8 Å². The van der Waals surface area contributed by atoms with Crippen molar-refractivity contribution in [1.29, 1.82) is 0 Å². The summed E-state index contributed by atoms with van der Waals surface area (Å²) in [7, 11) is 0. The van der Waals surface area contributed by atoms with Crippen molar-refractivity contribution in [3.63, 3.8) is 0 Å². The molecular weight excluding hydrogens is 860 g/mol. The standard InChI is InChI=1S/C67H63BN2O/c1-38-20-53-55-31-49(67-35-42-25-43(36-67)27-44(26-42)37-67)30-54-52-29-48(66-32-39-22-40(33-66)24-41(23-39)34-66)16-18-57(52)70(62(54)55)68-61(53)58(21-38)69(63-60-50-13-9-8-12-46(50)14-19-59(60)71-64(63)68)56-17-15-47(65(2,3)4)28-51(56)45-10-6-5-7-11-45/h5-21,28-31,39-44H,22-27,32-37H2,1-4H3. The van der Waals surface area contributed by atoms with Crippen molar-refractivity contribution >= 4 is 78.6 Å². The SMILES string of the molecule is Cc1cc2c3c(c1)N(c1ccc(C(C)(C)C)cc1-c1ccccc1)c1c(oc4ccc5ccccc5c14)B3n1c3ccc(C45CC6CC(CC(C6)C4)C5)cc3c3cc(C45CC6CC(CC(C6)C4)C5)cc-2c31. The van der Waals surface area contributed by atoms with Crippen molar-refractivity contribution < 1.29 is 4.42 Å². The molecule has 350 valence electrons. The Labute approximate surface area is 418 Å². The van der Waals surface area contributed by atoms with Crippen LogP contribution in [-0.4, -0.2) is 11.3 Å². The van der Waals surface area contributed by atoms with E-state index in [1.54, 1.807) is 11.1 Å². The number of anilines is 3. The van der Waals surface area contributed by atoms with Crippen molar-refractivity contribution in [2.45, 2.75) is 121 Å². The minimum atomic E-state index is -0.143. The molecular formula is C67H63BN2O. The van der Waals surface area contributed by atoms with Crippen LogP contribution in [0.1, 0.15) is 120 Å². The van der Waals surface area contributed by atoms with Crippen molar-refractivity contribution in [2.75, 3.05) is 4.90 Å². The molecule has 2 aliphatic heterocycles. The quantitative estimate of drug-likeness (QED) is 0.164. The Balaban J connectivity index is 0.992. The third-order valence-corrected chi connectivity index (χ3v) is 20.8. The third kappa shape index (κ3) is 5.47. The largest absolute Gasteiger partial charge is 0.466 e. The van der Waals surface area contributed by atoms with Gasteiger partial charge in [0.15, 0.2) is 0 Å². The van der Waals surface area contributed by atoms with Gasteiger partial charge in [-0.3, -0.25) is 0 Å². The van der Waals surface area contributed by atoms with E-state index in [1.165, 1.54) is 171 Å². The number of hydrogen-bond acceptors (Lipinski definition) is 2. The van der Waals surface area contributed by atoms with Crippen LogP contribution in [0.2, 0.25) is 0 Å². The Morgan fingerprint density at radius 3 is 1.89 bits per heavy atom. The summed E-state index contributed by atoms with van der Waals surface area (Å²) in [6, 6.07) is 50.6. The number of hydrogen-bond donors (Lipinski definition) is 0. The fourth-order valence-corrected chi connectivity index (χ4v) is 18.8. The lowest BCUT2D eigenvalue weighted by Gasteiger charge is -2.57. The van der Waals surface area contributed by atoms with E-state index < -0.39 is 0 Å². The van der Waals surface area contributed by atoms with Gasteiger partial charge in [0, 0.05) is 38.6 Å². The molecule has 0 atom stereocenters. The van der Waals surface area contributed by atoms with Crippen LogP contribution in [0.3, 0.4) is 0 Å². The lowest BCUT2D eigenvalue weighted by Crippen LogP contribution is -2.56. The van der Waals surface area contributed by atoms with Crippen LogP contribution in [0.15, 0.2) is 132 Å². The first-order chi connectivity index (χ1) is 34.5. The average molecular weight is 923 g/mol. The van der Waals surface area contributed by atoms with Crippen LogP contribution in [0.5, 0.6) is 0 Å². The van der Waals surface area contributed by atoms with Crippen LogP contribution in [0.4, 0.5) is 17.1 Å². The lowest BCUT2D eigenvalue weighted by molar-refractivity contribution is -0.00527. The molecule has 7 aromatic carbocycles. The smallest absolute Gasteiger partial charge is 0.375 e. The summed E-state index contributed by atoms with van der Waals surface area (Å²) in [6.45, 7) is 9.24. The van der Waals surface area contributed by atoms with Crippen molar-refractivity contribution in [3.05, 3.63) is 150 Å². The van der Waals surface area contributed by atoms with Crippen molar-refractivity contribution in [3.8, 4) is 22.3 Å². The van der Waals surface area contributed by atoms with Gasteiger partial charge < -0.3 is 13.8 Å². The minimum Gasteiger partial charge on any atom is -0.466 e. The van der Waals surface area contributed by atoms with Crippen molar-refractivity contribution in [1.82, 2.24) is 4.48 Å². The van der Waals surface area contributed by atoms with Gasteiger partial charge in [-0.1, -0.05) is 99.6 Å². The predicted molar refractivity (Wildman–Crippen MR) is 296 cm³/mol. The highest BCUT2D eigenvalue weighted by Gasteiger charge is 2.54. The van der Waals surface area contributed by atoms with Gasteiger partial charge in [0.05, 0.1) is 16.8 Å². The zero-order chi connectivity index (χ0) is 46.9. The number of benzene rings is 7. The van der Waals surface area contributed by atoms with Crippen LogP contribution < -0.4 is 16.0 Å². The van der Waals surface area contributed by atoms with E-state index in [0.717, 1.165) is 46.8 Å². The van der Waals surface area contributed by atoms with Gasteiger partial charge >= 0.3 is 6.85 Å². The van der Waals surface area contributed by atoms with Gasteiger partial charge in [0.25, 0.3) is 0 Å². The summed E-state index contributed by atoms with van der Waals surface area (Å²) >= 11 is 0. The van der Waals surface area contributed by atoms with E-state index in [0.29, 0.717) is 5.41 Å². The molecule has 8 saturated carbocycles. The Morgan fingerprint density at radius 2 is 1.20 bits per heavy atom. The maximum absolute atomic E-state index is 7.63. The second kappa shape index (κ2) is 13.7. The van der Waals surface area contributed by atoms with E-state index >= 15 is 0 Å². The monoisotopic (exact) mass is 923 g/mol. The molecule has 2 aromatic heterocycles. The highest BCUT2D eigenvalue weighted by atomic mass is 16.3. The molecule has 3 nitrogen and oxygen atoms in total. The minimum absolute atomic E-state index is 0.0181. The molecule has 0 saturated heterocycles. The Hall–Kier alpha value is -6.00. The molecule has 0 amide bonds. The first kappa shape index (κ1) is 40.6. The molecule has 4 heteroatoms. The first-order valence-corrected chi connectivity index (χ1v) is 27.8. The molecule has 10 aliphatic rings. The zero-order valence-electron chi connectivity index (χ0n) is 42.0. The summed E-state index contributed by atoms with van der Waals surface area (Å²) in [5, 5.41) is 6.64. The van der Waals surface area contributed by atoms with E-state index in [2.05, 4.69) is 164 Å². The molecule has 8 aliphatic carbocycles. The summed E-state index contributed by atoms with van der Waals surface area (Å²) in [6.07, 6.45) is 17.1.